The van der Waals surface area contributed by atoms with Gasteiger partial charge in [-0.2, -0.15) is 0 Å². The van der Waals surface area contributed by atoms with Crippen LogP contribution in [0.25, 0.3) is 0 Å². The summed E-state index contributed by atoms with van der Waals surface area (Å²) in [4.78, 5) is 23.5. The van der Waals surface area contributed by atoms with Crippen LogP contribution in [0.2, 0.25) is 0 Å². The van der Waals surface area contributed by atoms with Gasteiger partial charge in [-0.3, -0.25) is 10.1 Å². The van der Waals surface area contributed by atoms with Crippen LogP contribution in [-0.2, 0) is 0 Å². The number of nitrogens with one attached hydrogen (secondary N) is 2. The Kier molecular flexibility index (Phi) is 6.30. The van der Waals surface area contributed by atoms with Crippen molar-refractivity contribution in [3.05, 3.63) is 59.2 Å². The standard InChI is InChI=1S/C19H20N2O4S/c1-11(2)25-14-7-4-6-13(10-14)17(22)21-19(26)20-16-9-5-8-15(12(16)3)18(23)24/h4-11H,1-3H3,(H,23,24)(H2,20,21,22,26). The molecule has 0 aliphatic rings. The van der Waals surface area contributed by atoms with E-state index in [2.05, 4.69) is 10.6 Å². The zero-order valence-corrected chi connectivity index (χ0v) is 15.5. The van der Waals surface area contributed by atoms with Crippen LogP contribution < -0.4 is 15.4 Å². The molecule has 0 fully saturated rings. The molecule has 0 aliphatic carbocycles. The molecule has 1 amide bonds. The summed E-state index contributed by atoms with van der Waals surface area (Å²) in [5.41, 5.74) is 1.63. The molecule has 0 spiro atoms. The van der Waals surface area contributed by atoms with Crippen LogP contribution in [0.1, 0.15) is 40.1 Å². The monoisotopic (exact) mass is 372 g/mol. The number of rotatable bonds is 5. The molecular weight excluding hydrogens is 352 g/mol. The Balaban J connectivity index is 2.07. The summed E-state index contributed by atoms with van der Waals surface area (Å²) in [6.07, 6.45) is 0.000501. The van der Waals surface area contributed by atoms with Gasteiger partial charge in [0.15, 0.2) is 5.11 Å². The topological polar surface area (TPSA) is 87.7 Å². The summed E-state index contributed by atoms with van der Waals surface area (Å²) in [7, 11) is 0. The van der Waals surface area contributed by atoms with E-state index in [1.54, 1.807) is 43.3 Å². The quantitative estimate of drug-likeness (QED) is 0.695. The van der Waals surface area contributed by atoms with Gasteiger partial charge >= 0.3 is 5.97 Å². The second kappa shape index (κ2) is 8.44. The molecule has 0 bridgehead atoms. The number of carboxylic acids is 1. The summed E-state index contributed by atoms with van der Waals surface area (Å²) in [5.74, 6) is -0.816. The third-order valence-electron chi connectivity index (χ3n) is 3.51. The first-order valence-electron chi connectivity index (χ1n) is 8.00. The van der Waals surface area contributed by atoms with E-state index in [1.807, 2.05) is 13.8 Å². The summed E-state index contributed by atoms with van der Waals surface area (Å²) in [6.45, 7) is 5.47. The number of hydrogen-bond donors (Lipinski definition) is 3. The van der Waals surface area contributed by atoms with Crippen molar-refractivity contribution < 1.29 is 19.4 Å². The number of carbonyl (C=O) groups excluding carboxylic acids is 1. The van der Waals surface area contributed by atoms with Crippen molar-refractivity contribution >= 4 is 34.9 Å². The van der Waals surface area contributed by atoms with Gasteiger partial charge in [0.25, 0.3) is 5.91 Å². The lowest BCUT2D eigenvalue weighted by atomic mass is 10.1. The Morgan fingerprint density at radius 2 is 1.85 bits per heavy atom. The van der Waals surface area contributed by atoms with Crippen molar-refractivity contribution in [2.24, 2.45) is 0 Å². The Labute approximate surface area is 157 Å². The Hall–Kier alpha value is -2.93. The minimum Gasteiger partial charge on any atom is -0.491 e. The molecule has 0 radical (unpaired) electrons. The molecule has 0 aromatic heterocycles. The van der Waals surface area contributed by atoms with Crippen molar-refractivity contribution in [3.8, 4) is 5.75 Å². The zero-order valence-electron chi connectivity index (χ0n) is 14.7. The van der Waals surface area contributed by atoms with Crippen LogP contribution in [0.15, 0.2) is 42.5 Å². The van der Waals surface area contributed by atoms with Gasteiger partial charge in [0.1, 0.15) is 5.75 Å². The van der Waals surface area contributed by atoms with E-state index in [1.165, 1.54) is 6.07 Å². The fourth-order valence-electron chi connectivity index (χ4n) is 2.31. The van der Waals surface area contributed by atoms with E-state index < -0.39 is 5.97 Å². The first-order valence-corrected chi connectivity index (χ1v) is 8.40. The Morgan fingerprint density at radius 3 is 2.50 bits per heavy atom. The van der Waals surface area contributed by atoms with Crippen LogP contribution in [-0.4, -0.2) is 28.2 Å². The smallest absolute Gasteiger partial charge is 0.336 e. The van der Waals surface area contributed by atoms with Gasteiger partial charge in [0, 0.05) is 11.3 Å². The fraction of sp³-hybridized carbons (Fsp3) is 0.211. The minimum absolute atomic E-state index is 0.000501. The van der Waals surface area contributed by atoms with Crippen LogP contribution >= 0.6 is 12.2 Å². The maximum absolute atomic E-state index is 12.4. The molecule has 2 rings (SSSR count). The predicted molar refractivity (Wildman–Crippen MR) is 104 cm³/mol. The molecule has 136 valence electrons. The van der Waals surface area contributed by atoms with E-state index in [0.29, 0.717) is 22.6 Å². The summed E-state index contributed by atoms with van der Waals surface area (Å²) in [5, 5.41) is 14.7. The lowest BCUT2D eigenvalue weighted by molar-refractivity contribution is 0.0696. The van der Waals surface area contributed by atoms with Crippen molar-refractivity contribution in [2.75, 3.05) is 5.32 Å². The van der Waals surface area contributed by atoms with Gasteiger partial charge in [-0.1, -0.05) is 12.1 Å². The SMILES string of the molecule is Cc1c(NC(=S)NC(=O)c2cccc(OC(C)C)c2)cccc1C(=O)O. The van der Waals surface area contributed by atoms with E-state index in [0.717, 1.165) is 0 Å². The van der Waals surface area contributed by atoms with Crippen molar-refractivity contribution in [2.45, 2.75) is 26.9 Å². The highest BCUT2D eigenvalue weighted by molar-refractivity contribution is 7.80. The van der Waals surface area contributed by atoms with E-state index >= 15 is 0 Å². The van der Waals surface area contributed by atoms with Crippen molar-refractivity contribution in [3.63, 3.8) is 0 Å². The maximum Gasteiger partial charge on any atom is 0.336 e. The average Bonchev–Trinajstić information content (AvgIpc) is 2.56. The highest BCUT2D eigenvalue weighted by atomic mass is 32.1. The molecule has 0 unspecified atom stereocenters. The number of hydrogen-bond acceptors (Lipinski definition) is 4. The molecule has 0 atom stereocenters. The second-order valence-electron chi connectivity index (χ2n) is 5.89. The largest absolute Gasteiger partial charge is 0.491 e. The van der Waals surface area contributed by atoms with Gasteiger partial charge in [-0.25, -0.2) is 4.79 Å². The highest BCUT2D eigenvalue weighted by Gasteiger charge is 2.13. The molecule has 0 saturated carbocycles. The summed E-state index contributed by atoms with van der Waals surface area (Å²) in [6, 6.07) is 11.6. The van der Waals surface area contributed by atoms with E-state index in [9.17, 15) is 9.59 Å². The van der Waals surface area contributed by atoms with Gasteiger partial charge in [-0.05, 0) is 68.9 Å². The Morgan fingerprint density at radius 1 is 1.15 bits per heavy atom. The third-order valence-corrected chi connectivity index (χ3v) is 3.71. The van der Waals surface area contributed by atoms with Crippen LogP contribution in [0, 0.1) is 6.92 Å². The number of amides is 1. The lowest BCUT2D eigenvalue weighted by Crippen LogP contribution is -2.34. The van der Waals surface area contributed by atoms with Crippen LogP contribution in [0.5, 0.6) is 5.75 Å². The van der Waals surface area contributed by atoms with E-state index in [-0.39, 0.29) is 22.7 Å². The third kappa shape index (κ3) is 5.03. The van der Waals surface area contributed by atoms with Gasteiger partial charge in [-0.15, -0.1) is 0 Å². The number of carboxylic acid groups (broad SMARTS) is 1. The number of benzene rings is 2. The second-order valence-corrected chi connectivity index (χ2v) is 6.29. The molecular formula is C19H20N2O4S. The average molecular weight is 372 g/mol. The van der Waals surface area contributed by atoms with Crippen molar-refractivity contribution in [1.29, 1.82) is 0 Å². The molecule has 3 N–H and O–H groups in total. The molecule has 26 heavy (non-hydrogen) atoms. The van der Waals surface area contributed by atoms with E-state index in [4.69, 9.17) is 22.1 Å². The predicted octanol–water partition coefficient (Wildman–Crippen LogP) is 3.61. The van der Waals surface area contributed by atoms with Gasteiger partial charge in [0.2, 0.25) is 0 Å². The number of aromatic carboxylic acids is 1. The van der Waals surface area contributed by atoms with Gasteiger partial charge < -0.3 is 15.2 Å². The van der Waals surface area contributed by atoms with Gasteiger partial charge in [0.05, 0.1) is 11.7 Å². The zero-order chi connectivity index (χ0) is 19.3. The lowest BCUT2D eigenvalue weighted by Gasteiger charge is -2.14. The van der Waals surface area contributed by atoms with Crippen LogP contribution in [0.3, 0.4) is 0 Å². The normalized spacial score (nSPS) is 10.3. The minimum atomic E-state index is -1.02. The number of anilines is 1. The molecule has 2 aromatic rings. The fourth-order valence-corrected chi connectivity index (χ4v) is 2.52. The molecule has 0 heterocycles. The number of thiocarbonyl (C=S) groups is 1. The Bertz CT molecular complexity index is 849. The number of ether oxygens (including phenoxy) is 1. The summed E-state index contributed by atoms with van der Waals surface area (Å²) < 4.78 is 5.57. The molecule has 0 saturated heterocycles. The highest BCUT2D eigenvalue weighted by Crippen LogP contribution is 2.19. The maximum atomic E-state index is 12.4. The first kappa shape index (κ1) is 19.4. The summed E-state index contributed by atoms with van der Waals surface area (Å²) >= 11 is 5.16. The van der Waals surface area contributed by atoms with Crippen LogP contribution in [0.4, 0.5) is 5.69 Å². The van der Waals surface area contributed by atoms with Crippen molar-refractivity contribution in [1.82, 2.24) is 5.32 Å². The number of carbonyl (C=O) groups is 2. The molecule has 0 aliphatic heterocycles. The molecule has 2 aromatic carbocycles. The first-order chi connectivity index (χ1) is 12.3. The molecule has 7 heteroatoms. The molecule has 6 nitrogen and oxygen atoms in total.